The second-order valence-electron chi connectivity index (χ2n) is 6.65. The van der Waals surface area contributed by atoms with E-state index < -0.39 is 15.4 Å². The highest BCUT2D eigenvalue weighted by molar-refractivity contribution is 7.91. The van der Waals surface area contributed by atoms with Crippen molar-refractivity contribution in [3.8, 4) is 0 Å². The lowest BCUT2D eigenvalue weighted by molar-refractivity contribution is -0.124. The minimum absolute atomic E-state index is 0.00760. The Bertz CT molecular complexity index is 768. The van der Waals surface area contributed by atoms with Gasteiger partial charge in [0.2, 0.25) is 11.8 Å². The van der Waals surface area contributed by atoms with Gasteiger partial charge in [-0.3, -0.25) is 14.5 Å². The van der Waals surface area contributed by atoms with Crippen LogP contribution >= 0.6 is 11.6 Å². The van der Waals surface area contributed by atoms with Gasteiger partial charge in [0.05, 0.1) is 40.8 Å². The standard InChI is InChI=1S/C16H22ClN3O4S/c1-16(7-8-25(23,24)11-16)19-15(22)10-20(2)9-14(21)18-13-6-4-3-5-12(13)17/h3-6H,7-11H2,1-2H3,(H,18,21)(H,19,22)/t16-/m0/s1. The van der Waals surface area contributed by atoms with Crippen LogP contribution in [0.1, 0.15) is 13.3 Å². The Morgan fingerprint density at radius 2 is 1.88 bits per heavy atom. The number of hydrogen-bond donors (Lipinski definition) is 2. The van der Waals surface area contributed by atoms with E-state index in [0.29, 0.717) is 17.1 Å². The van der Waals surface area contributed by atoms with Crippen molar-refractivity contribution in [3.05, 3.63) is 29.3 Å². The predicted molar refractivity (Wildman–Crippen MR) is 97.4 cm³/mol. The smallest absolute Gasteiger partial charge is 0.238 e. The normalized spacial score (nSPS) is 21.9. The molecule has 0 spiro atoms. The van der Waals surface area contributed by atoms with Crippen LogP contribution < -0.4 is 10.6 Å². The van der Waals surface area contributed by atoms with Crippen molar-refractivity contribution < 1.29 is 18.0 Å². The number of sulfone groups is 1. The van der Waals surface area contributed by atoms with Crippen LogP contribution in [0.5, 0.6) is 0 Å². The van der Waals surface area contributed by atoms with Gasteiger partial charge in [-0.15, -0.1) is 0 Å². The summed E-state index contributed by atoms with van der Waals surface area (Å²) >= 11 is 5.98. The van der Waals surface area contributed by atoms with Crippen LogP contribution in [0.15, 0.2) is 24.3 Å². The number of carbonyl (C=O) groups is 2. The molecule has 0 aromatic heterocycles. The van der Waals surface area contributed by atoms with Crippen molar-refractivity contribution in [2.45, 2.75) is 18.9 Å². The van der Waals surface area contributed by atoms with Crippen molar-refractivity contribution in [1.29, 1.82) is 0 Å². The Morgan fingerprint density at radius 1 is 1.24 bits per heavy atom. The van der Waals surface area contributed by atoms with Crippen LogP contribution in [0.2, 0.25) is 5.02 Å². The lowest BCUT2D eigenvalue weighted by Gasteiger charge is -2.25. The molecule has 1 saturated heterocycles. The van der Waals surface area contributed by atoms with Gasteiger partial charge in [0.1, 0.15) is 0 Å². The number of amides is 2. The summed E-state index contributed by atoms with van der Waals surface area (Å²) in [5.41, 5.74) is -0.230. The molecule has 1 aromatic rings. The number of carbonyl (C=O) groups excluding carboxylic acids is 2. The first-order valence-electron chi connectivity index (χ1n) is 7.83. The zero-order chi connectivity index (χ0) is 18.7. The first kappa shape index (κ1) is 19.7. The van der Waals surface area contributed by atoms with Gasteiger partial charge in [0.15, 0.2) is 9.84 Å². The number of benzene rings is 1. The first-order chi connectivity index (χ1) is 11.6. The van der Waals surface area contributed by atoms with Crippen molar-refractivity contribution in [2.75, 3.05) is 37.0 Å². The highest BCUT2D eigenvalue weighted by Gasteiger charge is 2.39. The minimum atomic E-state index is -3.09. The predicted octanol–water partition coefficient (Wildman–Crippen LogP) is 0.904. The number of hydrogen-bond acceptors (Lipinski definition) is 5. The third kappa shape index (κ3) is 5.98. The van der Waals surface area contributed by atoms with Crippen molar-refractivity contribution in [1.82, 2.24) is 10.2 Å². The van der Waals surface area contributed by atoms with Crippen LogP contribution in [-0.4, -0.2) is 62.3 Å². The zero-order valence-electron chi connectivity index (χ0n) is 14.2. The molecular formula is C16H22ClN3O4S. The minimum Gasteiger partial charge on any atom is -0.349 e. The van der Waals surface area contributed by atoms with Crippen molar-refractivity contribution in [3.63, 3.8) is 0 Å². The molecular weight excluding hydrogens is 366 g/mol. The highest BCUT2D eigenvalue weighted by Crippen LogP contribution is 2.22. The lowest BCUT2D eigenvalue weighted by Crippen LogP contribution is -2.50. The maximum Gasteiger partial charge on any atom is 0.238 e. The maximum absolute atomic E-state index is 12.1. The van der Waals surface area contributed by atoms with E-state index in [-0.39, 0.29) is 36.4 Å². The third-order valence-corrected chi connectivity index (χ3v) is 6.15. The summed E-state index contributed by atoms with van der Waals surface area (Å²) < 4.78 is 23.1. The van der Waals surface area contributed by atoms with Gasteiger partial charge >= 0.3 is 0 Å². The summed E-state index contributed by atoms with van der Waals surface area (Å²) in [6.45, 7) is 1.72. The van der Waals surface area contributed by atoms with Gasteiger partial charge in [-0.25, -0.2) is 8.42 Å². The molecule has 0 radical (unpaired) electrons. The molecule has 1 fully saturated rings. The number of para-hydroxylation sites is 1. The molecule has 0 aliphatic carbocycles. The summed E-state index contributed by atoms with van der Waals surface area (Å²) in [5, 5.41) is 5.88. The number of rotatable bonds is 6. The van der Waals surface area contributed by atoms with Crippen molar-refractivity contribution >= 4 is 38.9 Å². The average molecular weight is 388 g/mol. The summed E-state index contributed by atoms with van der Waals surface area (Å²) in [7, 11) is -1.45. The monoisotopic (exact) mass is 387 g/mol. The topological polar surface area (TPSA) is 95.6 Å². The van der Waals surface area contributed by atoms with Crippen LogP contribution in [0, 0.1) is 0 Å². The Kier molecular flexibility index (Phi) is 6.08. The molecule has 1 atom stereocenters. The number of halogens is 1. The van der Waals surface area contributed by atoms with Gasteiger partial charge in [-0.1, -0.05) is 23.7 Å². The molecule has 0 bridgehead atoms. The van der Waals surface area contributed by atoms with Gasteiger partial charge in [0, 0.05) is 0 Å². The van der Waals surface area contributed by atoms with Gasteiger partial charge in [-0.2, -0.15) is 0 Å². The summed E-state index contributed by atoms with van der Waals surface area (Å²) in [6, 6.07) is 6.88. The fraction of sp³-hybridized carbons (Fsp3) is 0.500. The van der Waals surface area contributed by atoms with E-state index >= 15 is 0 Å². The van der Waals surface area contributed by atoms with Crippen LogP contribution in [0.25, 0.3) is 0 Å². The molecule has 1 aromatic carbocycles. The van der Waals surface area contributed by atoms with Gasteiger partial charge in [0.25, 0.3) is 0 Å². The number of nitrogens with zero attached hydrogens (tertiary/aromatic N) is 1. The second kappa shape index (κ2) is 7.72. The van der Waals surface area contributed by atoms with E-state index in [2.05, 4.69) is 10.6 Å². The molecule has 2 N–H and O–H groups in total. The summed E-state index contributed by atoms with van der Waals surface area (Å²) in [6.07, 6.45) is 0.401. The molecule has 2 rings (SSSR count). The Balaban J connectivity index is 1.81. The first-order valence-corrected chi connectivity index (χ1v) is 10.0. The molecule has 7 nitrogen and oxygen atoms in total. The van der Waals surface area contributed by atoms with E-state index in [4.69, 9.17) is 11.6 Å². The molecule has 1 aliphatic heterocycles. The van der Waals surface area contributed by atoms with Crippen LogP contribution in [-0.2, 0) is 19.4 Å². The lowest BCUT2D eigenvalue weighted by atomic mass is 10.0. The third-order valence-electron chi connectivity index (χ3n) is 3.92. The maximum atomic E-state index is 12.1. The largest absolute Gasteiger partial charge is 0.349 e. The van der Waals surface area contributed by atoms with E-state index in [1.54, 1.807) is 43.1 Å². The summed E-state index contributed by atoms with van der Waals surface area (Å²) in [5.74, 6) is -0.576. The molecule has 2 amide bonds. The van der Waals surface area contributed by atoms with E-state index in [0.717, 1.165) is 0 Å². The fourth-order valence-electron chi connectivity index (χ4n) is 2.78. The Hall–Kier alpha value is -1.64. The molecule has 1 heterocycles. The highest BCUT2D eigenvalue weighted by atomic mass is 35.5. The van der Waals surface area contributed by atoms with Gasteiger partial charge in [-0.05, 0) is 32.5 Å². The molecule has 1 aliphatic rings. The van der Waals surface area contributed by atoms with E-state index in [9.17, 15) is 18.0 Å². The molecule has 9 heteroatoms. The SMILES string of the molecule is CN(CC(=O)Nc1ccccc1Cl)CC(=O)N[C@@]1(C)CCS(=O)(=O)C1. The second-order valence-corrected chi connectivity index (χ2v) is 9.24. The number of likely N-dealkylation sites (N-methyl/N-ethyl adjacent to an activating group) is 1. The average Bonchev–Trinajstić information content (AvgIpc) is 2.74. The van der Waals surface area contributed by atoms with Gasteiger partial charge < -0.3 is 10.6 Å². The molecule has 25 heavy (non-hydrogen) atoms. The quantitative estimate of drug-likeness (QED) is 0.756. The Morgan fingerprint density at radius 3 is 2.48 bits per heavy atom. The number of nitrogens with one attached hydrogen (secondary N) is 2. The van der Waals surface area contributed by atoms with E-state index in [1.165, 1.54) is 0 Å². The molecule has 0 saturated carbocycles. The van der Waals surface area contributed by atoms with Crippen LogP contribution in [0.4, 0.5) is 5.69 Å². The Labute approximate surface area is 152 Å². The molecule has 138 valence electrons. The van der Waals surface area contributed by atoms with Crippen LogP contribution in [0.3, 0.4) is 0 Å². The zero-order valence-corrected chi connectivity index (χ0v) is 15.8. The number of anilines is 1. The van der Waals surface area contributed by atoms with E-state index in [1.807, 2.05) is 0 Å². The van der Waals surface area contributed by atoms with Crippen molar-refractivity contribution in [2.24, 2.45) is 0 Å². The summed E-state index contributed by atoms with van der Waals surface area (Å²) in [4.78, 5) is 25.7. The fourth-order valence-corrected chi connectivity index (χ4v) is 5.06. The molecule has 0 unspecified atom stereocenters.